The highest BCUT2D eigenvalue weighted by molar-refractivity contribution is 9.10. The van der Waals surface area contributed by atoms with E-state index >= 15 is 0 Å². The Bertz CT molecular complexity index is 519. The molecule has 1 aromatic rings. The third-order valence-electron chi connectivity index (χ3n) is 3.08. The molecule has 1 aromatic carbocycles. The molecule has 2 rings (SSSR count). The first-order valence-corrected chi connectivity index (χ1v) is 7.39. The summed E-state index contributed by atoms with van der Waals surface area (Å²) < 4.78 is 0.824. The van der Waals surface area contributed by atoms with Gasteiger partial charge in [-0.15, -0.1) is 0 Å². The number of rotatable bonds is 2. The van der Waals surface area contributed by atoms with Crippen molar-refractivity contribution in [2.45, 2.75) is 25.9 Å². The molecule has 108 valence electrons. The number of hydrogen-bond donors (Lipinski definition) is 2. The molecule has 3 amide bonds. The van der Waals surface area contributed by atoms with Crippen molar-refractivity contribution in [3.05, 3.63) is 34.3 Å². The number of nitrogens with zero attached hydrogens (tertiary/aromatic N) is 1. The Hall–Kier alpha value is -1.56. The zero-order chi connectivity index (χ0) is 14.7. The number of carbonyl (C=O) groups excluding carboxylic acids is 2. The smallest absolute Gasteiger partial charge is 0.318 e. The van der Waals surface area contributed by atoms with E-state index in [9.17, 15) is 9.59 Å². The summed E-state index contributed by atoms with van der Waals surface area (Å²) in [5.41, 5.74) is 0.795. The first kappa shape index (κ1) is 14.8. The van der Waals surface area contributed by atoms with Crippen LogP contribution in [0.1, 0.15) is 25.5 Å². The van der Waals surface area contributed by atoms with E-state index in [2.05, 4.69) is 26.6 Å². The highest BCUT2D eigenvalue weighted by Gasteiger charge is 2.35. The van der Waals surface area contributed by atoms with Gasteiger partial charge in [-0.25, -0.2) is 4.79 Å². The Morgan fingerprint density at radius 1 is 1.45 bits per heavy atom. The highest BCUT2D eigenvalue weighted by atomic mass is 79.9. The molecular weight excluding hydrogens is 322 g/mol. The van der Waals surface area contributed by atoms with Crippen molar-refractivity contribution in [2.75, 3.05) is 13.1 Å². The standard InChI is InChI=1S/C14H18BrN3O2/c1-9(2)17-14(20)18-8-7-16-13(19)12(18)10-5-3-4-6-11(10)15/h3-6,9,12H,7-8H2,1-2H3,(H,16,19)(H,17,20). The van der Waals surface area contributed by atoms with Crippen LogP contribution in [0.25, 0.3) is 0 Å². The van der Waals surface area contributed by atoms with E-state index in [0.29, 0.717) is 13.1 Å². The van der Waals surface area contributed by atoms with Crippen molar-refractivity contribution >= 4 is 27.9 Å². The van der Waals surface area contributed by atoms with E-state index in [1.165, 1.54) is 0 Å². The molecule has 1 unspecified atom stereocenters. The number of carbonyl (C=O) groups is 2. The molecule has 0 aromatic heterocycles. The van der Waals surface area contributed by atoms with Crippen LogP contribution >= 0.6 is 15.9 Å². The second kappa shape index (κ2) is 6.26. The zero-order valence-electron chi connectivity index (χ0n) is 11.5. The third kappa shape index (κ3) is 3.12. The third-order valence-corrected chi connectivity index (χ3v) is 3.81. The molecule has 1 aliphatic heterocycles. The average molecular weight is 340 g/mol. The predicted octanol–water partition coefficient (Wildman–Crippen LogP) is 2.04. The molecule has 1 saturated heterocycles. The monoisotopic (exact) mass is 339 g/mol. The van der Waals surface area contributed by atoms with Crippen molar-refractivity contribution < 1.29 is 9.59 Å². The molecule has 2 N–H and O–H groups in total. The van der Waals surface area contributed by atoms with Gasteiger partial charge in [0.15, 0.2) is 0 Å². The lowest BCUT2D eigenvalue weighted by Gasteiger charge is -2.36. The Morgan fingerprint density at radius 3 is 2.80 bits per heavy atom. The molecule has 1 atom stereocenters. The van der Waals surface area contributed by atoms with Gasteiger partial charge in [0.2, 0.25) is 5.91 Å². The quantitative estimate of drug-likeness (QED) is 0.866. The molecule has 6 heteroatoms. The second-order valence-corrected chi connectivity index (χ2v) is 5.87. The number of urea groups is 1. The van der Waals surface area contributed by atoms with Crippen LogP contribution in [-0.2, 0) is 4.79 Å². The fourth-order valence-corrected chi connectivity index (χ4v) is 2.72. The number of amides is 3. The van der Waals surface area contributed by atoms with Gasteiger partial charge in [-0.05, 0) is 25.5 Å². The second-order valence-electron chi connectivity index (χ2n) is 5.01. The van der Waals surface area contributed by atoms with Gasteiger partial charge in [-0.1, -0.05) is 34.1 Å². The normalized spacial score (nSPS) is 18.9. The molecule has 0 spiro atoms. The minimum absolute atomic E-state index is 0.0346. The molecule has 1 aliphatic rings. The SMILES string of the molecule is CC(C)NC(=O)N1CCNC(=O)C1c1ccccc1Br. The predicted molar refractivity (Wildman–Crippen MR) is 80.3 cm³/mol. The lowest BCUT2D eigenvalue weighted by atomic mass is 10.0. The minimum Gasteiger partial charge on any atom is -0.352 e. The van der Waals surface area contributed by atoms with Crippen molar-refractivity contribution in [1.29, 1.82) is 0 Å². The van der Waals surface area contributed by atoms with Gasteiger partial charge in [-0.2, -0.15) is 0 Å². The number of nitrogens with one attached hydrogen (secondary N) is 2. The molecule has 5 nitrogen and oxygen atoms in total. The maximum Gasteiger partial charge on any atom is 0.318 e. The Morgan fingerprint density at radius 2 is 2.15 bits per heavy atom. The van der Waals surface area contributed by atoms with E-state index in [-0.39, 0.29) is 18.0 Å². The van der Waals surface area contributed by atoms with E-state index < -0.39 is 6.04 Å². The Balaban J connectivity index is 2.32. The lowest BCUT2D eigenvalue weighted by molar-refractivity contribution is -0.127. The highest BCUT2D eigenvalue weighted by Crippen LogP contribution is 2.29. The summed E-state index contributed by atoms with van der Waals surface area (Å²) in [6.45, 7) is 4.77. The summed E-state index contributed by atoms with van der Waals surface area (Å²) in [5, 5.41) is 5.66. The maximum atomic E-state index is 12.3. The van der Waals surface area contributed by atoms with Gasteiger partial charge >= 0.3 is 6.03 Å². The van der Waals surface area contributed by atoms with Crippen LogP contribution < -0.4 is 10.6 Å². The van der Waals surface area contributed by atoms with Crippen LogP contribution in [0.2, 0.25) is 0 Å². The van der Waals surface area contributed by atoms with Crippen LogP contribution in [-0.4, -0.2) is 36.0 Å². The van der Waals surface area contributed by atoms with Gasteiger partial charge in [-0.3, -0.25) is 4.79 Å². The number of benzene rings is 1. The van der Waals surface area contributed by atoms with Gasteiger partial charge in [0.05, 0.1) is 0 Å². The van der Waals surface area contributed by atoms with Crippen LogP contribution in [0.3, 0.4) is 0 Å². The summed E-state index contributed by atoms with van der Waals surface area (Å²) in [6.07, 6.45) is 0. The molecule has 0 saturated carbocycles. The first-order chi connectivity index (χ1) is 9.50. The van der Waals surface area contributed by atoms with E-state index in [4.69, 9.17) is 0 Å². The fourth-order valence-electron chi connectivity index (χ4n) is 2.22. The summed E-state index contributed by atoms with van der Waals surface area (Å²) in [4.78, 5) is 26.0. The average Bonchev–Trinajstić information content (AvgIpc) is 2.39. The summed E-state index contributed by atoms with van der Waals surface area (Å²) >= 11 is 3.45. The first-order valence-electron chi connectivity index (χ1n) is 6.60. The molecule has 1 fully saturated rings. The maximum absolute atomic E-state index is 12.3. The Kier molecular flexibility index (Phi) is 4.65. The summed E-state index contributed by atoms with van der Waals surface area (Å²) in [5.74, 6) is -0.151. The van der Waals surface area contributed by atoms with Crippen LogP contribution in [0.5, 0.6) is 0 Å². The van der Waals surface area contributed by atoms with Crippen LogP contribution in [0, 0.1) is 0 Å². The zero-order valence-corrected chi connectivity index (χ0v) is 13.1. The largest absolute Gasteiger partial charge is 0.352 e. The number of piperazine rings is 1. The van der Waals surface area contributed by atoms with E-state index in [0.717, 1.165) is 10.0 Å². The van der Waals surface area contributed by atoms with Crippen LogP contribution in [0.4, 0.5) is 4.79 Å². The van der Waals surface area contributed by atoms with Gasteiger partial charge in [0.1, 0.15) is 6.04 Å². The molecule has 20 heavy (non-hydrogen) atoms. The van der Waals surface area contributed by atoms with E-state index in [1.54, 1.807) is 4.90 Å². The molecule has 1 heterocycles. The summed E-state index contributed by atoms with van der Waals surface area (Å²) in [6, 6.07) is 6.69. The van der Waals surface area contributed by atoms with Crippen molar-refractivity contribution in [3.8, 4) is 0 Å². The number of hydrogen-bond acceptors (Lipinski definition) is 2. The van der Waals surface area contributed by atoms with Crippen molar-refractivity contribution in [2.24, 2.45) is 0 Å². The molecule has 0 radical (unpaired) electrons. The molecule has 0 aliphatic carbocycles. The van der Waals surface area contributed by atoms with Gasteiger partial charge < -0.3 is 15.5 Å². The van der Waals surface area contributed by atoms with Gasteiger partial charge in [0, 0.05) is 23.6 Å². The molecular formula is C14H18BrN3O2. The fraction of sp³-hybridized carbons (Fsp3) is 0.429. The minimum atomic E-state index is -0.599. The Labute approximate surface area is 126 Å². The van der Waals surface area contributed by atoms with Crippen molar-refractivity contribution in [3.63, 3.8) is 0 Å². The van der Waals surface area contributed by atoms with Crippen LogP contribution in [0.15, 0.2) is 28.7 Å². The number of halogens is 1. The summed E-state index contributed by atoms with van der Waals surface area (Å²) in [7, 11) is 0. The van der Waals surface area contributed by atoms with E-state index in [1.807, 2.05) is 38.1 Å². The topological polar surface area (TPSA) is 61.4 Å². The van der Waals surface area contributed by atoms with Crippen molar-refractivity contribution in [1.82, 2.24) is 15.5 Å². The van der Waals surface area contributed by atoms with Gasteiger partial charge in [0.25, 0.3) is 0 Å². The lowest BCUT2D eigenvalue weighted by Crippen LogP contribution is -2.55. The molecule has 0 bridgehead atoms.